The van der Waals surface area contributed by atoms with Gasteiger partial charge in [-0.3, -0.25) is 0 Å². The van der Waals surface area contributed by atoms with E-state index in [1.165, 1.54) is 0 Å². The Hall–Kier alpha value is -1.23. The van der Waals surface area contributed by atoms with Crippen LogP contribution in [0.2, 0.25) is 0 Å². The zero-order valence-corrected chi connectivity index (χ0v) is 10.7. The van der Waals surface area contributed by atoms with E-state index in [1.54, 1.807) is 0 Å². The molecular formula is C13H19F3N2. The van der Waals surface area contributed by atoms with Crippen LogP contribution in [0.3, 0.4) is 0 Å². The number of anilines is 1. The van der Waals surface area contributed by atoms with E-state index in [2.05, 4.69) is 0 Å². The molecule has 0 saturated heterocycles. The van der Waals surface area contributed by atoms with E-state index in [4.69, 9.17) is 5.73 Å². The Morgan fingerprint density at radius 2 is 1.72 bits per heavy atom. The van der Waals surface area contributed by atoms with E-state index in [-0.39, 0.29) is 0 Å². The Labute approximate surface area is 106 Å². The van der Waals surface area contributed by atoms with Crippen LogP contribution in [-0.4, -0.2) is 26.3 Å². The van der Waals surface area contributed by atoms with Gasteiger partial charge in [-0.15, -0.1) is 0 Å². The second-order valence-electron chi connectivity index (χ2n) is 4.68. The van der Waals surface area contributed by atoms with Crippen LogP contribution in [0.5, 0.6) is 0 Å². The van der Waals surface area contributed by atoms with E-state index in [9.17, 15) is 13.2 Å². The summed E-state index contributed by atoms with van der Waals surface area (Å²) in [4.78, 5) is 1.97. The van der Waals surface area contributed by atoms with Gasteiger partial charge in [0, 0.05) is 25.8 Å². The fourth-order valence-corrected chi connectivity index (χ4v) is 1.71. The molecule has 0 amide bonds. The lowest BCUT2D eigenvalue weighted by atomic mass is 10.0. The van der Waals surface area contributed by atoms with Crippen molar-refractivity contribution in [3.8, 4) is 0 Å². The van der Waals surface area contributed by atoms with Gasteiger partial charge < -0.3 is 10.6 Å². The van der Waals surface area contributed by atoms with Crippen LogP contribution in [0.25, 0.3) is 0 Å². The first kappa shape index (κ1) is 14.8. The van der Waals surface area contributed by atoms with Crippen LogP contribution in [0, 0.1) is 0 Å². The van der Waals surface area contributed by atoms with Crippen molar-refractivity contribution in [1.29, 1.82) is 0 Å². The number of nitrogens with two attached hydrogens (primary N) is 1. The number of halogens is 3. The fraction of sp³-hybridized carbons (Fsp3) is 0.538. The molecule has 2 N–H and O–H groups in total. The number of benzene rings is 1. The third-order valence-corrected chi connectivity index (χ3v) is 2.75. The number of alkyl halides is 3. The van der Waals surface area contributed by atoms with Crippen LogP contribution in [0.15, 0.2) is 24.3 Å². The van der Waals surface area contributed by atoms with Crippen LogP contribution < -0.4 is 10.6 Å². The highest BCUT2D eigenvalue weighted by Crippen LogP contribution is 2.22. The standard InChI is InChI=1S/C13H19F3N2/c1-18(2)12-7-4-10(5-8-12)3-6-11(17)9-13(14,15)16/h4-5,7-8,11H,3,6,9,17H2,1-2H3. The molecule has 0 saturated carbocycles. The molecule has 1 unspecified atom stereocenters. The first-order valence-corrected chi connectivity index (χ1v) is 5.86. The highest BCUT2D eigenvalue weighted by atomic mass is 19.4. The Bertz CT molecular complexity index is 357. The molecule has 1 aromatic rings. The summed E-state index contributed by atoms with van der Waals surface area (Å²) in [7, 11) is 3.88. The topological polar surface area (TPSA) is 29.3 Å². The van der Waals surface area contributed by atoms with Gasteiger partial charge in [0.05, 0.1) is 6.42 Å². The van der Waals surface area contributed by atoms with E-state index in [0.717, 1.165) is 11.3 Å². The third kappa shape index (κ3) is 5.40. The minimum absolute atomic E-state index is 0.348. The predicted molar refractivity (Wildman–Crippen MR) is 67.7 cm³/mol. The second-order valence-corrected chi connectivity index (χ2v) is 4.68. The average Bonchev–Trinajstić information content (AvgIpc) is 2.24. The van der Waals surface area contributed by atoms with Crippen molar-refractivity contribution in [3.05, 3.63) is 29.8 Å². The van der Waals surface area contributed by atoms with Crippen molar-refractivity contribution >= 4 is 5.69 Å². The van der Waals surface area contributed by atoms with Gasteiger partial charge in [-0.25, -0.2) is 0 Å². The van der Waals surface area contributed by atoms with Gasteiger partial charge in [0.15, 0.2) is 0 Å². The van der Waals surface area contributed by atoms with Crippen molar-refractivity contribution in [2.24, 2.45) is 5.73 Å². The number of hydrogen-bond donors (Lipinski definition) is 1. The lowest BCUT2D eigenvalue weighted by Crippen LogP contribution is -2.28. The molecule has 0 spiro atoms. The first-order chi connectivity index (χ1) is 8.28. The molecule has 102 valence electrons. The quantitative estimate of drug-likeness (QED) is 0.882. The Kier molecular flexibility index (Phi) is 5.02. The number of hydrogen-bond acceptors (Lipinski definition) is 2. The van der Waals surface area contributed by atoms with Crippen molar-refractivity contribution < 1.29 is 13.2 Å². The summed E-state index contributed by atoms with van der Waals surface area (Å²) < 4.78 is 36.3. The Morgan fingerprint density at radius 3 is 2.17 bits per heavy atom. The summed E-state index contributed by atoms with van der Waals surface area (Å²) in [5, 5.41) is 0. The maximum atomic E-state index is 12.1. The number of nitrogens with zero attached hydrogens (tertiary/aromatic N) is 1. The molecule has 1 rings (SSSR count). The molecule has 2 nitrogen and oxygen atoms in total. The summed E-state index contributed by atoms with van der Waals surface area (Å²) in [6.45, 7) is 0. The Morgan fingerprint density at radius 1 is 1.17 bits per heavy atom. The lowest BCUT2D eigenvalue weighted by Gasteiger charge is -2.15. The smallest absolute Gasteiger partial charge is 0.378 e. The normalized spacial score (nSPS) is 13.4. The largest absolute Gasteiger partial charge is 0.390 e. The zero-order valence-electron chi connectivity index (χ0n) is 10.7. The molecule has 0 bridgehead atoms. The Balaban J connectivity index is 2.44. The molecule has 0 aliphatic rings. The first-order valence-electron chi connectivity index (χ1n) is 5.86. The van der Waals surface area contributed by atoms with Crippen LogP contribution >= 0.6 is 0 Å². The molecular weight excluding hydrogens is 241 g/mol. The van der Waals surface area contributed by atoms with Gasteiger partial charge in [-0.1, -0.05) is 12.1 Å². The minimum atomic E-state index is -4.17. The summed E-state index contributed by atoms with van der Waals surface area (Å²) in [5.41, 5.74) is 7.54. The SMILES string of the molecule is CN(C)c1ccc(CCC(N)CC(F)(F)F)cc1. The molecule has 1 atom stereocenters. The van der Waals surface area contributed by atoms with Gasteiger partial charge in [0.2, 0.25) is 0 Å². The van der Waals surface area contributed by atoms with E-state index < -0.39 is 18.6 Å². The molecule has 0 aliphatic carbocycles. The summed E-state index contributed by atoms with van der Waals surface area (Å²) in [6.07, 6.45) is -4.16. The summed E-state index contributed by atoms with van der Waals surface area (Å²) in [6, 6.07) is 6.93. The molecule has 18 heavy (non-hydrogen) atoms. The predicted octanol–water partition coefficient (Wildman–Crippen LogP) is 2.96. The highest BCUT2D eigenvalue weighted by Gasteiger charge is 2.29. The third-order valence-electron chi connectivity index (χ3n) is 2.75. The zero-order chi connectivity index (χ0) is 13.8. The number of rotatable bonds is 5. The monoisotopic (exact) mass is 260 g/mol. The molecule has 0 aromatic heterocycles. The van der Waals surface area contributed by atoms with Crippen LogP contribution in [0.1, 0.15) is 18.4 Å². The van der Waals surface area contributed by atoms with Gasteiger partial charge in [0.25, 0.3) is 0 Å². The summed E-state index contributed by atoms with van der Waals surface area (Å²) in [5.74, 6) is 0. The van der Waals surface area contributed by atoms with Crippen molar-refractivity contribution in [3.63, 3.8) is 0 Å². The molecule has 0 radical (unpaired) electrons. The van der Waals surface area contributed by atoms with Crippen LogP contribution in [-0.2, 0) is 6.42 Å². The molecule has 0 fully saturated rings. The number of aryl methyl sites for hydroxylation is 1. The highest BCUT2D eigenvalue weighted by molar-refractivity contribution is 5.45. The van der Waals surface area contributed by atoms with Gasteiger partial charge in [0.1, 0.15) is 0 Å². The minimum Gasteiger partial charge on any atom is -0.378 e. The van der Waals surface area contributed by atoms with Gasteiger partial charge >= 0.3 is 6.18 Å². The summed E-state index contributed by atoms with van der Waals surface area (Å²) >= 11 is 0. The molecule has 5 heteroatoms. The van der Waals surface area contributed by atoms with Crippen molar-refractivity contribution in [1.82, 2.24) is 0 Å². The molecule has 0 heterocycles. The van der Waals surface area contributed by atoms with E-state index in [1.807, 2.05) is 43.3 Å². The second kappa shape index (κ2) is 6.09. The lowest BCUT2D eigenvalue weighted by molar-refractivity contribution is -0.138. The fourth-order valence-electron chi connectivity index (χ4n) is 1.71. The van der Waals surface area contributed by atoms with E-state index in [0.29, 0.717) is 12.8 Å². The molecule has 1 aromatic carbocycles. The van der Waals surface area contributed by atoms with Crippen molar-refractivity contribution in [2.75, 3.05) is 19.0 Å². The van der Waals surface area contributed by atoms with Gasteiger partial charge in [-0.2, -0.15) is 13.2 Å². The maximum absolute atomic E-state index is 12.1. The average molecular weight is 260 g/mol. The van der Waals surface area contributed by atoms with E-state index >= 15 is 0 Å². The van der Waals surface area contributed by atoms with Gasteiger partial charge in [-0.05, 0) is 30.5 Å². The molecule has 0 aliphatic heterocycles. The van der Waals surface area contributed by atoms with Crippen LogP contribution in [0.4, 0.5) is 18.9 Å². The maximum Gasteiger partial charge on any atom is 0.390 e. The van der Waals surface area contributed by atoms with Crippen molar-refractivity contribution in [2.45, 2.75) is 31.5 Å².